The third-order valence-corrected chi connectivity index (χ3v) is 2.83. The van der Waals surface area contributed by atoms with Gasteiger partial charge < -0.3 is 10.6 Å². The smallest absolute Gasteiger partial charge is 0.416 e. The van der Waals surface area contributed by atoms with Gasteiger partial charge in [0.2, 0.25) is 0 Å². The van der Waals surface area contributed by atoms with E-state index in [9.17, 15) is 23.3 Å². The lowest BCUT2D eigenvalue weighted by atomic mass is 10.2. The Balaban J connectivity index is 2.30. The van der Waals surface area contributed by atoms with Crippen LogP contribution in [-0.2, 0) is 6.18 Å². The molecule has 2 aromatic rings. The molecule has 0 saturated carbocycles. The molecule has 0 unspecified atom stereocenters. The van der Waals surface area contributed by atoms with E-state index >= 15 is 0 Å². The number of nitrogens with two attached hydrogens (primary N) is 1. The summed E-state index contributed by atoms with van der Waals surface area (Å²) >= 11 is 0. The van der Waals surface area contributed by atoms with Crippen molar-refractivity contribution in [2.45, 2.75) is 6.18 Å². The second kappa shape index (κ2) is 6.34. The van der Waals surface area contributed by atoms with Gasteiger partial charge in [-0.3, -0.25) is 10.1 Å². The van der Waals surface area contributed by atoms with Gasteiger partial charge in [-0.15, -0.1) is 0 Å². The van der Waals surface area contributed by atoms with E-state index in [4.69, 9.17) is 10.6 Å². The Hall–Kier alpha value is -3.10. The first-order valence-electron chi connectivity index (χ1n) is 6.18. The van der Waals surface area contributed by atoms with Gasteiger partial charge in [-0.1, -0.05) is 0 Å². The van der Waals surface area contributed by atoms with Crippen LogP contribution in [0.3, 0.4) is 0 Å². The minimum absolute atomic E-state index is 0.138. The summed E-state index contributed by atoms with van der Waals surface area (Å²) in [4.78, 5) is 10.1. The zero-order valence-corrected chi connectivity index (χ0v) is 11.4. The number of hydrogen-bond donors (Lipinski definition) is 1. The number of nitrogens with zero attached hydrogens (tertiary/aromatic N) is 2. The maximum Gasteiger partial charge on any atom is 0.416 e. The van der Waals surface area contributed by atoms with E-state index in [-0.39, 0.29) is 22.7 Å². The van der Waals surface area contributed by atoms with E-state index in [0.717, 1.165) is 30.5 Å². The number of hydrogen-bond acceptors (Lipinski definition) is 5. The van der Waals surface area contributed by atoms with Gasteiger partial charge in [-0.05, 0) is 30.3 Å². The molecule has 0 aliphatic heterocycles. The summed E-state index contributed by atoms with van der Waals surface area (Å²) in [6.45, 7) is 0. The van der Waals surface area contributed by atoms with Crippen molar-refractivity contribution in [3.8, 4) is 11.5 Å². The minimum atomic E-state index is -4.44. The van der Waals surface area contributed by atoms with Crippen LogP contribution in [0.1, 0.15) is 11.1 Å². The zero-order chi connectivity index (χ0) is 17.0. The van der Waals surface area contributed by atoms with Crippen molar-refractivity contribution in [1.29, 1.82) is 0 Å². The van der Waals surface area contributed by atoms with Crippen LogP contribution in [0.5, 0.6) is 11.5 Å². The van der Waals surface area contributed by atoms with Crippen LogP contribution in [0.15, 0.2) is 47.6 Å². The van der Waals surface area contributed by atoms with Crippen LogP contribution in [0, 0.1) is 10.1 Å². The molecule has 0 aliphatic rings. The van der Waals surface area contributed by atoms with Crippen LogP contribution in [0.4, 0.5) is 18.9 Å². The highest BCUT2D eigenvalue weighted by atomic mass is 19.4. The van der Waals surface area contributed by atoms with Gasteiger partial charge in [0.15, 0.2) is 0 Å². The molecule has 0 amide bonds. The molecule has 2 rings (SSSR count). The van der Waals surface area contributed by atoms with Crippen LogP contribution < -0.4 is 10.6 Å². The third kappa shape index (κ3) is 3.96. The molecule has 23 heavy (non-hydrogen) atoms. The Morgan fingerprint density at radius 1 is 1.17 bits per heavy atom. The molecule has 0 atom stereocenters. The molecule has 0 bridgehead atoms. The first-order chi connectivity index (χ1) is 10.8. The largest absolute Gasteiger partial charge is 0.457 e. The summed E-state index contributed by atoms with van der Waals surface area (Å²) in [5.41, 5.74) is -0.779. The summed E-state index contributed by atoms with van der Waals surface area (Å²) in [6.07, 6.45) is -3.30. The first-order valence-corrected chi connectivity index (χ1v) is 6.18. The average molecular weight is 325 g/mol. The number of benzene rings is 2. The third-order valence-electron chi connectivity index (χ3n) is 2.83. The Labute approximate surface area is 128 Å². The lowest BCUT2D eigenvalue weighted by Crippen LogP contribution is -2.04. The number of alkyl halides is 3. The Morgan fingerprint density at radius 2 is 1.83 bits per heavy atom. The Morgan fingerprint density at radius 3 is 2.35 bits per heavy atom. The maximum atomic E-state index is 12.5. The SMILES string of the molecule is NN=Cc1cc([N+](=O)[O-])ccc1Oc1ccc(C(F)(F)F)cc1. The summed E-state index contributed by atoms with van der Waals surface area (Å²) in [5, 5.41) is 14.0. The molecule has 6 nitrogen and oxygen atoms in total. The summed E-state index contributed by atoms with van der Waals surface area (Å²) in [5.74, 6) is 5.34. The van der Waals surface area contributed by atoms with Gasteiger partial charge in [-0.25, -0.2) is 0 Å². The molecule has 0 aliphatic carbocycles. The second-order valence-corrected chi connectivity index (χ2v) is 4.38. The van der Waals surface area contributed by atoms with Gasteiger partial charge >= 0.3 is 6.18 Å². The highest BCUT2D eigenvalue weighted by Gasteiger charge is 2.30. The van der Waals surface area contributed by atoms with Crippen molar-refractivity contribution in [1.82, 2.24) is 0 Å². The molecule has 0 heterocycles. The maximum absolute atomic E-state index is 12.5. The van der Waals surface area contributed by atoms with Crippen molar-refractivity contribution in [2.75, 3.05) is 0 Å². The number of non-ortho nitro benzene ring substituents is 1. The van der Waals surface area contributed by atoms with Crippen LogP contribution >= 0.6 is 0 Å². The van der Waals surface area contributed by atoms with Crippen LogP contribution in [0.25, 0.3) is 0 Å². The molecule has 0 radical (unpaired) electrons. The van der Waals surface area contributed by atoms with Gasteiger partial charge in [0.25, 0.3) is 5.69 Å². The molecular weight excluding hydrogens is 315 g/mol. The molecule has 0 fully saturated rings. The molecule has 9 heteroatoms. The number of nitro groups is 1. The number of halogens is 3. The van der Waals surface area contributed by atoms with Crippen molar-refractivity contribution < 1.29 is 22.8 Å². The number of nitro benzene ring substituents is 1. The molecule has 0 saturated heterocycles. The van der Waals surface area contributed by atoms with E-state index in [1.165, 1.54) is 18.2 Å². The number of hydrazone groups is 1. The monoisotopic (exact) mass is 325 g/mol. The van der Waals surface area contributed by atoms with Crippen molar-refractivity contribution in [2.24, 2.45) is 10.9 Å². The minimum Gasteiger partial charge on any atom is -0.457 e. The summed E-state index contributed by atoms with van der Waals surface area (Å²) in [7, 11) is 0. The van der Waals surface area contributed by atoms with Crippen LogP contribution in [-0.4, -0.2) is 11.1 Å². The molecule has 0 aromatic heterocycles. The Bertz CT molecular complexity index is 743. The topological polar surface area (TPSA) is 90.8 Å². The lowest BCUT2D eigenvalue weighted by molar-refractivity contribution is -0.384. The molecule has 0 spiro atoms. The van der Waals surface area contributed by atoms with Gasteiger partial charge in [0.05, 0.1) is 16.7 Å². The van der Waals surface area contributed by atoms with Gasteiger partial charge in [0, 0.05) is 17.7 Å². The second-order valence-electron chi connectivity index (χ2n) is 4.38. The normalized spacial score (nSPS) is 11.6. The van der Waals surface area contributed by atoms with Crippen molar-refractivity contribution in [3.63, 3.8) is 0 Å². The van der Waals surface area contributed by atoms with Gasteiger partial charge in [-0.2, -0.15) is 18.3 Å². The van der Waals surface area contributed by atoms with E-state index in [0.29, 0.717) is 0 Å². The molecule has 2 N–H and O–H groups in total. The number of ether oxygens (including phenoxy) is 1. The highest BCUT2D eigenvalue weighted by Crippen LogP contribution is 2.32. The quantitative estimate of drug-likeness (QED) is 0.401. The van der Waals surface area contributed by atoms with E-state index < -0.39 is 16.7 Å². The van der Waals surface area contributed by atoms with Crippen molar-refractivity contribution in [3.05, 3.63) is 63.7 Å². The number of rotatable bonds is 4. The lowest BCUT2D eigenvalue weighted by Gasteiger charge is -2.10. The zero-order valence-electron chi connectivity index (χ0n) is 11.4. The summed E-state index contributed by atoms with van der Waals surface area (Å²) < 4.78 is 42.9. The molecule has 120 valence electrons. The van der Waals surface area contributed by atoms with E-state index in [1.807, 2.05) is 0 Å². The van der Waals surface area contributed by atoms with Crippen molar-refractivity contribution >= 4 is 11.9 Å². The fourth-order valence-corrected chi connectivity index (χ4v) is 1.76. The summed E-state index contributed by atoms with van der Waals surface area (Å²) in [6, 6.07) is 7.74. The predicted octanol–water partition coefficient (Wildman–Crippen LogP) is 3.70. The standard InChI is InChI=1S/C14H10F3N3O3/c15-14(16,17)10-1-4-12(5-2-10)23-13-6-3-11(20(21)22)7-9(13)8-19-18/h1-8H,18H2. The van der Waals surface area contributed by atoms with Gasteiger partial charge in [0.1, 0.15) is 11.5 Å². The van der Waals surface area contributed by atoms with Crippen LogP contribution in [0.2, 0.25) is 0 Å². The fourth-order valence-electron chi connectivity index (χ4n) is 1.76. The fraction of sp³-hybridized carbons (Fsp3) is 0.0714. The average Bonchev–Trinajstić information content (AvgIpc) is 2.48. The molecule has 2 aromatic carbocycles. The van der Waals surface area contributed by atoms with E-state index in [2.05, 4.69) is 5.10 Å². The first kappa shape index (κ1) is 16.3. The Kier molecular flexibility index (Phi) is 4.49. The predicted molar refractivity (Wildman–Crippen MR) is 76.4 cm³/mol. The highest BCUT2D eigenvalue weighted by molar-refractivity contribution is 5.84. The van der Waals surface area contributed by atoms with E-state index in [1.54, 1.807) is 0 Å². The molecular formula is C14H10F3N3O3.